The third-order valence-corrected chi connectivity index (χ3v) is 5.43. The molecule has 2 aliphatic heterocycles. The van der Waals surface area contributed by atoms with Crippen LogP contribution in [0.1, 0.15) is 36.8 Å². The van der Waals surface area contributed by atoms with Gasteiger partial charge in [0, 0.05) is 5.41 Å². The second-order valence-corrected chi connectivity index (χ2v) is 7.02. The lowest BCUT2D eigenvalue weighted by atomic mass is 9.71. The average molecular weight is 329 g/mol. The van der Waals surface area contributed by atoms with E-state index in [1.54, 1.807) is 7.11 Å². The third-order valence-electron chi connectivity index (χ3n) is 5.43. The van der Waals surface area contributed by atoms with E-state index < -0.39 is 0 Å². The predicted molar refractivity (Wildman–Crippen MR) is 89.3 cm³/mol. The van der Waals surface area contributed by atoms with Crippen LogP contribution in [-0.2, 0) is 16.0 Å². The molecule has 24 heavy (non-hydrogen) atoms. The number of hydrogen-bond acceptors (Lipinski definition) is 5. The van der Waals surface area contributed by atoms with E-state index in [2.05, 4.69) is 12.2 Å². The summed E-state index contributed by atoms with van der Waals surface area (Å²) >= 11 is 0. The second-order valence-electron chi connectivity index (χ2n) is 7.02. The quantitative estimate of drug-likeness (QED) is 0.858. The zero-order valence-corrected chi connectivity index (χ0v) is 14.2. The van der Waals surface area contributed by atoms with E-state index in [1.807, 2.05) is 18.2 Å². The molecule has 1 aliphatic carbocycles. The number of ketones is 1. The molecule has 0 amide bonds. The van der Waals surface area contributed by atoms with Gasteiger partial charge in [0.05, 0.1) is 13.0 Å². The molecule has 0 bridgehead atoms. The minimum atomic E-state index is -0.232. The first kappa shape index (κ1) is 15.5. The van der Waals surface area contributed by atoms with Crippen LogP contribution in [0.3, 0.4) is 0 Å². The van der Waals surface area contributed by atoms with Gasteiger partial charge in [-0.15, -0.1) is 0 Å². The Morgan fingerprint density at radius 3 is 2.83 bits per heavy atom. The molecule has 1 aromatic carbocycles. The highest BCUT2D eigenvalue weighted by atomic mass is 16.7. The molecule has 2 heterocycles. The van der Waals surface area contributed by atoms with Gasteiger partial charge in [-0.25, -0.2) is 0 Å². The molecular weight excluding hydrogens is 306 g/mol. The summed E-state index contributed by atoms with van der Waals surface area (Å²) in [5.74, 6) is 1.86. The molecule has 0 spiro atoms. The Morgan fingerprint density at radius 1 is 1.25 bits per heavy atom. The topological polar surface area (TPSA) is 56.8 Å². The molecule has 0 aromatic heterocycles. The van der Waals surface area contributed by atoms with Gasteiger partial charge in [-0.3, -0.25) is 4.79 Å². The normalized spacial score (nSPS) is 28.8. The van der Waals surface area contributed by atoms with Gasteiger partial charge in [-0.1, -0.05) is 6.92 Å². The van der Waals surface area contributed by atoms with E-state index in [-0.39, 0.29) is 23.9 Å². The summed E-state index contributed by atoms with van der Waals surface area (Å²) in [6.45, 7) is 4.27. The van der Waals surface area contributed by atoms with Crippen LogP contribution >= 0.6 is 0 Å². The van der Waals surface area contributed by atoms with Gasteiger partial charge in [0.15, 0.2) is 17.3 Å². The molecule has 1 aromatic rings. The van der Waals surface area contributed by atoms with Crippen molar-refractivity contribution in [2.24, 2.45) is 5.41 Å². The van der Waals surface area contributed by atoms with Crippen LogP contribution in [0, 0.1) is 5.41 Å². The number of hydrogen-bond donors (Lipinski definition) is 1. The summed E-state index contributed by atoms with van der Waals surface area (Å²) in [5.41, 5.74) is 1.98. The number of ether oxygens (including phenoxy) is 3. The lowest BCUT2D eigenvalue weighted by Crippen LogP contribution is -2.30. The van der Waals surface area contributed by atoms with Crippen molar-refractivity contribution in [3.63, 3.8) is 0 Å². The van der Waals surface area contributed by atoms with Gasteiger partial charge in [0.25, 0.3) is 0 Å². The molecule has 0 fully saturated rings. The van der Waals surface area contributed by atoms with Gasteiger partial charge >= 0.3 is 0 Å². The maximum atomic E-state index is 13.0. The highest BCUT2D eigenvalue weighted by Gasteiger charge is 2.47. The zero-order chi connectivity index (χ0) is 16.7. The van der Waals surface area contributed by atoms with Crippen LogP contribution in [-0.4, -0.2) is 32.8 Å². The molecule has 1 N–H and O–H groups in total. The van der Waals surface area contributed by atoms with Gasteiger partial charge in [0.2, 0.25) is 12.6 Å². The number of fused-ring (bicyclic) bond motifs is 4. The van der Waals surface area contributed by atoms with Gasteiger partial charge in [0.1, 0.15) is 0 Å². The Labute approximate surface area is 142 Å². The largest absolute Gasteiger partial charge is 0.493 e. The van der Waals surface area contributed by atoms with Crippen LogP contribution in [0.5, 0.6) is 11.5 Å². The molecular formula is C19H23NO4. The molecule has 5 heteroatoms. The smallest absolute Gasteiger partial charge is 0.231 e. The molecule has 4 rings (SSSR count). The van der Waals surface area contributed by atoms with E-state index in [4.69, 9.17) is 14.2 Å². The van der Waals surface area contributed by atoms with Gasteiger partial charge < -0.3 is 19.5 Å². The summed E-state index contributed by atoms with van der Waals surface area (Å²) in [6.07, 6.45) is 4.87. The van der Waals surface area contributed by atoms with Crippen molar-refractivity contribution in [2.45, 2.75) is 32.1 Å². The van der Waals surface area contributed by atoms with Crippen molar-refractivity contribution in [2.75, 3.05) is 27.0 Å². The van der Waals surface area contributed by atoms with Crippen molar-refractivity contribution >= 4 is 5.78 Å². The Morgan fingerprint density at radius 2 is 2.04 bits per heavy atom. The lowest BCUT2D eigenvalue weighted by Gasteiger charge is -2.32. The number of carbonyl (C=O) groups is 1. The molecule has 2 atom stereocenters. The first-order valence-electron chi connectivity index (χ1n) is 8.56. The Kier molecular flexibility index (Phi) is 3.76. The first-order chi connectivity index (χ1) is 11.6. The maximum Gasteiger partial charge on any atom is 0.231 e. The molecule has 3 aliphatic rings. The SMILES string of the molecule is COC1=C[C@@]2(C)CCCNCCc3cc4c(cc3[C@@H]2C1=O)OCO4. The number of Topliss-reactive ketones (excluding diaryl/α,β-unsaturated/α-hetero) is 1. The number of allylic oxidation sites excluding steroid dienone is 2. The van der Waals surface area contributed by atoms with Crippen molar-refractivity contribution in [3.05, 3.63) is 35.1 Å². The Balaban J connectivity index is 1.85. The number of nitrogens with one attached hydrogen (secondary N) is 1. The zero-order valence-electron chi connectivity index (χ0n) is 14.2. The predicted octanol–water partition coefficient (Wildman–Crippen LogP) is 2.54. The fourth-order valence-corrected chi connectivity index (χ4v) is 4.20. The van der Waals surface area contributed by atoms with Crippen LogP contribution in [0.25, 0.3) is 0 Å². The second kappa shape index (κ2) is 5.81. The fraction of sp³-hybridized carbons (Fsp3) is 0.526. The van der Waals surface area contributed by atoms with Gasteiger partial charge in [-0.05, 0) is 61.7 Å². The van der Waals surface area contributed by atoms with E-state index in [0.29, 0.717) is 5.76 Å². The van der Waals surface area contributed by atoms with E-state index in [0.717, 1.165) is 55.0 Å². The molecule has 0 radical (unpaired) electrons. The van der Waals surface area contributed by atoms with Crippen molar-refractivity contribution < 1.29 is 19.0 Å². The number of methoxy groups -OCH3 is 1. The van der Waals surface area contributed by atoms with Crippen LogP contribution in [0.4, 0.5) is 0 Å². The minimum Gasteiger partial charge on any atom is -0.493 e. The highest BCUT2D eigenvalue weighted by molar-refractivity contribution is 6.02. The third kappa shape index (κ3) is 2.38. The van der Waals surface area contributed by atoms with E-state index in [9.17, 15) is 4.79 Å². The van der Waals surface area contributed by atoms with Crippen LogP contribution < -0.4 is 14.8 Å². The van der Waals surface area contributed by atoms with Crippen molar-refractivity contribution in [1.29, 1.82) is 0 Å². The molecule has 128 valence electrons. The standard InChI is InChI=1S/C19H23NO4/c1-19-5-3-6-20-7-4-12-8-14-15(24-11-23-14)9-13(12)17(19)18(21)16(10-19)22-2/h8-10,17,20H,3-7,11H2,1-2H3/t17-,19-/m1/s1. The van der Waals surface area contributed by atoms with Crippen molar-refractivity contribution in [1.82, 2.24) is 5.32 Å². The van der Waals surface area contributed by atoms with Crippen LogP contribution in [0.15, 0.2) is 24.0 Å². The van der Waals surface area contributed by atoms with Crippen molar-refractivity contribution in [3.8, 4) is 11.5 Å². The fourth-order valence-electron chi connectivity index (χ4n) is 4.20. The summed E-state index contributed by atoms with van der Waals surface area (Å²) in [6, 6.07) is 4.05. The summed E-state index contributed by atoms with van der Waals surface area (Å²) in [4.78, 5) is 13.0. The summed E-state index contributed by atoms with van der Waals surface area (Å²) in [7, 11) is 1.58. The molecule has 0 unspecified atom stereocenters. The van der Waals surface area contributed by atoms with Gasteiger partial charge in [-0.2, -0.15) is 0 Å². The number of benzene rings is 1. The minimum absolute atomic E-state index is 0.0775. The first-order valence-corrected chi connectivity index (χ1v) is 8.56. The van der Waals surface area contributed by atoms with Crippen LogP contribution in [0.2, 0.25) is 0 Å². The summed E-state index contributed by atoms with van der Waals surface area (Å²) < 4.78 is 16.5. The van der Waals surface area contributed by atoms with E-state index in [1.165, 1.54) is 0 Å². The molecule has 0 saturated carbocycles. The monoisotopic (exact) mass is 329 g/mol. The Bertz CT molecular complexity index is 712. The maximum absolute atomic E-state index is 13.0. The van der Waals surface area contributed by atoms with E-state index >= 15 is 0 Å². The Hall–Kier alpha value is -2.01. The molecule has 5 nitrogen and oxygen atoms in total. The average Bonchev–Trinajstić information content (AvgIpc) is 3.12. The molecule has 0 saturated heterocycles. The summed E-state index contributed by atoms with van der Waals surface area (Å²) in [5, 5.41) is 3.49. The number of carbonyl (C=O) groups excluding carboxylic acids is 1. The number of rotatable bonds is 1. The lowest BCUT2D eigenvalue weighted by molar-refractivity contribution is -0.120. The highest BCUT2D eigenvalue weighted by Crippen LogP contribution is 2.51.